The fourth-order valence-corrected chi connectivity index (χ4v) is 1.89. The molecule has 0 unspecified atom stereocenters. The van der Waals surface area contributed by atoms with E-state index in [1.54, 1.807) is 49.5 Å². The fourth-order valence-electron chi connectivity index (χ4n) is 1.89. The minimum atomic E-state index is -0.463. The van der Waals surface area contributed by atoms with Crippen LogP contribution in [0.1, 0.15) is 6.92 Å². The van der Waals surface area contributed by atoms with Crippen molar-refractivity contribution in [3.8, 4) is 17.2 Å². The van der Waals surface area contributed by atoms with Gasteiger partial charge in [-0.25, -0.2) is 0 Å². The Labute approximate surface area is 122 Å². The third kappa shape index (κ3) is 3.42. The van der Waals surface area contributed by atoms with Crippen molar-refractivity contribution in [2.45, 2.75) is 6.92 Å². The molecule has 1 N–H and O–H groups in total. The molecule has 6 nitrogen and oxygen atoms in total. The predicted octanol–water partition coefficient (Wildman–Crippen LogP) is 3.83. The Balaban J connectivity index is 2.28. The highest BCUT2D eigenvalue weighted by molar-refractivity contribution is 5.68. The van der Waals surface area contributed by atoms with E-state index in [9.17, 15) is 10.1 Å². The quantitative estimate of drug-likeness (QED) is 0.646. The van der Waals surface area contributed by atoms with Crippen molar-refractivity contribution in [2.24, 2.45) is 0 Å². The predicted molar refractivity (Wildman–Crippen MR) is 80.3 cm³/mol. The zero-order chi connectivity index (χ0) is 15.2. The summed E-state index contributed by atoms with van der Waals surface area (Å²) in [6.07, 6.45) is 0. The molecule has 0 fully saturated rings. The van der Waals surface area contributed by atoms with Gasteiger partial charge in [-0.3, -0.25) is 10.1 Å². The number of nitrogens with one attached hydrogen (secondary N) is 1. The highest BCUT2D eigenvalue weighted by Crippen LogP contribution is 2.37. The Kier molecular flexibility index (Phi) is 4.61. The summed E-state index contributed by atoms with van der Waals surface area (Å²) in [6, 6.07) is 11.8. The molecular weight excluding hydrogens is 272 g/mol. The number of rotatable bonds is 6. The molecule has 2 rings (SSSR count). The third-order valence-electron chi connectivity index (χ3n) is 2.81. The molecule has 0 bridgehead atoms. The number of ether oxygens (including phenoxy) is 2. The molecule has 0 atom stereocenters. The Morgan fingerprint density at radius 2 is 1.81 bits per heavy atom. The number of para-hydroxylation sites is 1. The van der Waals surface area contributed by atoms with Gasteiger partial charge in [-0.15, -0.1) is 0 Å². The summed E-state index contributed by atoms with van der Waals surface area (Å²) >= 11 is 0. The van der Waals surface area contributed by atoms with Gasteiger partial charge >= 0.3 is 5.69 Å². The largest absolute Gasteiger partial charge is 0.494 e. The molecule has 0 saturated heterocycles. The lowest BCUT2D eigenvalue weighted by Crippen LogP contribution is -1.99. The van der Waals surface area contributed by atoms with Gasteiger partial charge in [0.05, 0.1) is 11.5 Å². The zero-order valence-electron chi connectivity index (χ0n) is 11.8. The van der Waals surface area contributed by atoms with Crippen LogP contribution >= 0.6 is 0 Å². The Morgan fingerprint density at radius 1 is 1.14 bits per heavy atom. The first-order valence-corrected chi connectivity index (χ1v) is 6.51. The highest BCUT2D eigenvalue weighted by atomic mass is 16.6. The molecule has 0 aliphatic heterocycles. The van der Waals surface area contributed by atoms with E-state index >= 15 is 0 Å². The number of anilines is 1. The molecule has 0 heterocycles. The smallest absolute Gasteiger partial charge is 0.334 e. The van der Waals surface area contributed by atoms with Crippen LogP contribution in [-0.2, 0) is 0 Å². The lowest BCUT2D eigenvalue weighted by atomic mass is 10.2. The van der Waals surface area contributed by atoms with Gasteiger partial charge < -0.3 is 14.8 Å². The van der Waals surface area contributed by atoms with Crippen molar-refractivity contribution in [3.63, 3.8) is 0 Å². The summed E-state index contributed by atoms with van der Waals surface area (Å²) in [4.78, 5) is 10.7. The van der Waals surface area contributed by atoms with E-state index in [0.717, 1.165) is 5.75 Å². The van der Waals surface area contributed by atoms with Crippen molar-refractivity contribution in [1.29, 1.82) is 0 Å². The molecule has 0 aliphatic carbocycles. The molecule has 0 amide bonds. The van der Waals surface area contributed by atoms with Crippen molar-refractivity contribution in [1.82, 2.24) is 0 Å². The van der Waals surface area contributed by atoms with Crippen LogP contribution in [-0.4, -0.2) is 18.6 Å². The average Bonchev–Trinajstić information content (AvgIpc) is 2.49. The maximum absolute atomic E-state index is 11.2. The molecule has 0 aliphatic rings. The van der Waals surface area contributed by atoms with E-state index in [4.69, 9.17) is 9.47 Å². The first-order valence-electron chi connectivity index (χ1n) is 6.51. The van der Waals surface area contributed by atoms with Gasteiger partial charge in [-0.1, -0.05) is 6.07 Å². The SMILES string of the molecule is CCOc1ccc(Oc2cccc(NC)c2[N+](=O)[O-])cc1. The van der Waals surface area contributed by atoms with Crippen LogP contribution in [0.2, 0.25) is 0 Å². The van der Waals surface area contributed by atoms with Gasteiger partial charge in [0, 0.05) is 7.05 Å². The van der Waals surface area contributed by atoms with E-state index in [1.165, 1.54) is 0 Å². The second-order valence-corrected chi connectivity index (χ2v) is 4.17. The van der Waals surface area contributed by atoms with Crippen molar-refractivity contribution >= 4 is 11.4 Å². The topological polar surface area (TPSA) is 73.6 Å². The van der Waals surface area contributed by atoms with E-state index in [2.05, 4.69) is 5.32 Å². The first-order chi connectivity index (χ1) is 10.2. The van der Waals surface area contributed by atoms with Gasteiger partial charge in [0.2, 0.25) is 5.75 Å². The number of nitro groups is 1. The number of benzene rings is 2. The molecular formula is C15H16N2O4. The second kappa shape index (κ2) is 6.60. The molecule has 2 aromatic carbocycles. The standard InChI is InChI=1S/C15H16N2O4/c1-3-20-11-7-9-12(10-8-11)21-14-6-4-5-13(16-2)15(14)17(18)19/h4-10,16H,3H2,1-2H3. The van der Waals surface area contributed by atoms with Crippen LogP contribution in [0, 0.1) is 10.1 Å². The Bertz CT molecular complexity index is 626. The van der Waals surface area contributed by atoms with Crippen LogP contribution in [0.4, 0.5) is 11.4 Å². The summed E-state index contributed by atoms with van der Waals surface area (Å²) in [5.41, 5.74) is 0.317. The zero-order valence-corrected chi connectivity index (χ0v) is 11.8. The lowest BCUT2D eigenvalue weighted by molar-refractivity contribution is -0.384. The van der Waals surface area contributed by atoms with Crippen LogP contribution in [0.25, 0.3) is 0 Å². The van der Waals surface area contributed by atoms with Crippen molar-refractivity contribution in [3.05, 3.63) is 52.6 Å². The molecule has 0 spiro atoms. The van der Waals surface area contributed by atoms with Crippen LogP contribution in [0.15, 0.2) is 42.5 Å². The Hall–Kier alpha value is -2.76. The summed E-state index contributed by atoms with van der Waals surface area (Å²) in [6.45, 7) is 2.48. The van der Waals surface area contributed by atoms with Crippen LogP contribution in [0.5, 0.6) is 17.2 Å². The molecule has 21 heavy (non-hydrogen) atoms. The minimum absolute atomic E-state index is 0.0890. The van der Waals surface area contributed by atoms with E-state index in [0.29, 0.717) is 18.0 Å². The number of hydrogen-bond acceptors (Lipinski definition) is 5. The first kappa shape index (κ1) is 14.6. The summed E-state index contributed by atoms with van der Waals surface area (Å²) < 4.78 is 10.9. The minimum Gasteiger partial charge on any atom is -0.494 e. The molecule has 6 heteroatoms. The highest BCUT2D eigenvalue weighted by Gasteiger charge is 2.20. The lowest BCUT2D eigenvalue weighted by Gasteiger charge is -2.10. The maximum Gasteiger partial charge on any atom is 0.334 e. The fraction of sp³-hybridized carbons (Fsp3) is 0.200. The summed E-state index contributed by atoms with van der Waals surface area (Å²) in [5.74, 6) is 1.43. The van der Waals surface area contributed by atoms with E-state index < -0.39 is 4.92 Å². The van der Waals surface area contributed by atoms with Crippen LogP contribution in [0.3, 0.4) is 0 Å². The third-order valence-corrected chi connectivity index (χ3v) is 2.81. The maximum atomic E-state index is 11.2. The summed E-state index contributed by atoms with van der Waals surface area (Å²) in [7, 11) is 1.63. The molecule has 0 radical (unpaired) electrons. The second-order valence-electron chi connectivity index (χ2n) is 4.17. The molecule has 0 aromatic heterocycles. The van der Waals surface area contributed by atoms with Gasteiger partial charge in [0.1, 0.15) is 17.2 Å². The molecule has 0 saturated carbocycles. The van der Waals surface area contributed by atoms with Crippen LogP contribution < -0.4 is 14.8 Å². The number of hydrogen-bond donors (Lipinski definition) is 1. The molecule has 110 valence electrons. The molecule has 2 aromatic rings. The summed E-state index contributed by atoms with van der Waals surface area (Å²) in [5, 5.41) is 14.0. The number of nitrogens with zero attached hydrogens (tertiary/aromatic N) is 1. The monoisotopic (exact) mass is 288 g/mol. The van der Waals surface area contributed by atoms with Crippen molar-refractivity contribution < 1.29 is 14.4 Å². The normalized spacial score (nSPS) is 10.0. The van der Waals surface area contributed by atoms with Gasteiger partial charge in [0.15, 0.2) is 0 Å². The van der Waals surface area contributed by atoms with Crippen molar-refractivity contribution in [2.75, 3.05) is 19.0 Å². The van der Waals surface area contributed by atoms with E-state index in [-0.39, 0.29) is 11.4 Å². The average molecular weight is 288 g/mol. The van der Waals surface area contributed by atoms with Gasteiger partial charge in [-0.05, 0) is 43.3 Å². The van der Waals surface area contributed by atoms with Gasteiger partial charge in [-0.2, -0.15) is 0 Å². The van der Waals surface area contributed by atoms with Gasteiger partial charge in [0.25, 0.3) is 0 Å². The Morgan fingerprint density at radius 3 is 2.38 bits per heavy atom. The number of nitro benzene ring substituents is 1. The van der Waals surface area contributed by atoms with E-state index in [1.807, 2.05) is 6.92 Å².